The minimum atomic E-state index is 0.645. The second-order valence-electron chi connectivity index (χ2n) is 3.60. The van der Waals surface area contributed by atoms with Crippen LogP contribution in [-0.2, 0) is 0 Å². The van der Waals surface area contributed by atoms with Gasteiger partial charge < -0.3 is 5.73 Å². The third-order valence-corrected chi connectivity index (χ3v) is 2.49. The Balaban J connectivity index is 2.29. The standard InChI is InChI=1S/C12H10N4/c13-9-6-10-11(8-4-2-1-3-5-8)15-16-12(10)14-7-9/h1-7H,13H2,(H,14,15,16). The number of nitrogens with two attached hydrogens (primary N) is 1. The minimum Gasteiger partial charge on any atom is -0.397 e. The Morgan fingerprint density at radius 3 is 2.75 bits per heavy atom. The molecule has 0 amide bonds. The number of H-pyrrole nitrogens is 1. The molecule has 16 heavy (non-hydrogen) atoms. The van der Waals surface area contributed by atoms with Crippen molar-refractivity contribution in [2.24, 2.45) is 0 Å². The van der Waals surface area contributed by atoms with Gasteiger partial charge in [-0.25, -0.2) is 4.98 Å². The van der Waals surface area contributed by atoms with Gasteiger partial charge in [0.1, 0.15) is 0 Å². The van der Waals surface area contributed by atoms with E-state index in [9.17, 15) is 0 Å². The molecule has 0 saturated carbocycles. The van der Waals surface area contributed by atoms with Crippen LogP contribution < -0.4 is 5.73 Å². The summed E-state index contributed by atoms with van der Waals surface area (Å²) in [6.07, 6.45) is 1.61. The Morgan fingerprint density at radius 2 is 1.94 bits per heavy atom. The zero-order valence-corrected chi connectivity index (χ0v) is 8.51. The van der Waals surface area contributed by atoms with Crippen LogP contribution in [-0.4, -0.2) is 15.2 Å². The van der Waals surface area contributed by atoms with Gasteiger partial charge in [0.05, 0.1) is 17.6 Å². The Morgan fingerprint density at radius 1 is 1.12 bits per heavy atom. The van der Waals surface area contributed by atoms with Crippen molar-refractivity contribution in [3.63, 3.8) is 0 Å². The molecule has 2 aromatic heterocycles. The summed E-state index contributed by atoms with van der Waals surface area (Å²) in [5, 5.41) is 8.08. The van der Waals surface area contributed by atoms with E-state index >= 15 is 0 Å². The lowest BCUT2D eigenvalue weighted by molar-refractivity contribution is 1.10. The number of rotatable bonds is 1. The fourth-order valence-corrected chi connectivity index (χ4v) is 1.74. The van der Waals surface area contributed by atoms with Gasteiger partial charge in [0.15, 0.2) is 5.65 Å². The molecule has 0 spiro atoms. The number of nitrogens with one attached hydrogen (secondary N) is 1. The highest BCUT2D eigenvalue weighted by Gasteiger charge is 2.07. The molecule has 3 N–H and O–H groups in total. The van der Waals surface area contributed by atoms with Gasteiger partial charge in [-0.2, -0.15) is 5.10 Å². The average molecular weight is 210 g/mol. The van der Waals surface area contributed by atoms with Crippen molar-refractivity contribution in [3.05, 3.63) is 42.6 Å². The van der Waals surface area contributed by atoms with E-state index in [0.29, 0.717) is 11.3 Å². The number of nitrogens with zero attached hydrogens (tertiary/aromatic N) is 2. The number of aromatic amines is 1. The highest BCUT2D eigenvalue weighted by atomic mass is 15.1. The monoisotopic (exact) mass is 210 g/mol. The van der Waals surface area contributed by atoms with Gasteiger partial charge in [0.25, 0.3) is 0 Å². The topological polar surface area (TPSA) is 67.6 Å². The van der Waals surface area contributed by atoms with E-state index in [1.54, 1.807) is 6.20 Å². The normalized spacial score (nSPS) is 10.8. The maximum Gasteiger partial charge on any atom is 0.181 e. The van der Waals surface area contributed by atoms with Crippen molar-refractivity contribution in [1.29, 1.82) is 0 Å². The molecule has 3 aromatic rings. The molecule has 4 heteroatoms. The fraction of sp³-hybridized carbons (Fsp3) is 0. The molecule has 0 unspecified atom stereocenters. The number of aromatic nitrogens is 3. The Bertz CT molecular complexity index is 628. The molecule has 0 saturated heterocycles. The van der Waals surface area contributed by atoms with Crippen molar-refractivity contribution < 1.29 is 0 Å². The highest BCUT2D eigenvalue weighted by molar-refractivity contribution is 5.92. The summed E-state index contributed by atoms with van der Waals surface area (Å²) in [5.41, 5.74) is 9.09. The number of nitrogen functional groups attached to an aromatic ring is 1. The molecular weight excluding hydrogens is 200 g/mol. The summed E-state index contributed by atoms with van der Waals surface area (Å²) in [6, 6.07) is 11.9. The fourth-order valence-electron chi connectivity index (χ4n) is 1.74. The van der Waals surface area contributed by atoms with E-state index in [1.165, 1.54) is 0 Å². The molecule has 0 atom stereocenters. The lowest BCUT2D eigenvalue weighted by Crippen LogP contribution is -1.86. The number of anilines is 1. The van der Waals surface area contributed by atoms with E-state index in [2.05, 4.69) is 15.2 Å². The van der Waals surface area contributed by atoms with E-state index in [-0.39, 0.29) is 0 Å². The van der Waals surface area contributed by atoms with E-state index in [0.717, 1.165) is 16.6 Å². The molecule has 1 aromatic carbocycles. The van der Waals surface area contributed by atoms with Crippen LogP contribution in [0, 0.1) is 0 Å². The summed E-state index contributed by atoms with van der Waals surface area (Å²) in [5.74, 6) is 0. The van der Waals surface area contributed by atoms with E-state index in [1.807, 2.05) is 36.4 Å². The first-order chi connectivity index (χ1) is 7.84. The van der Waals surface area contributed by atoms with E-state index in [4.69, 9.17) is 5.73 Å². The summed E-state index contributed by atoms with van der Waals surface area (Å²) in [4.78, 5) is 4.16. The molecule has 2 heterocycles. The third-order valence-electron chi connectivity index (χ3n) is 2.49. The van der Waals surface area contributed by atoms with Crippen LogP contribution in [0.25, 0.3) is 22.3 Å². The summed E-state index contributed by atoms with van der Waals surface area (Å²) in [6.45, 7) is 0. The molecule has 0 bridgehead atoms. The lowest BCUT2D eigenvalue weighted by atomic mass is 10.1. The van der Waals surface area contributed by atoms with Crippen molar-refractivity contribution in [2.75, 3.05) is 5.73 Å². The zero-order valence-electron chi connectivity index (χ0n) is 8.51. The highest BCUT2D eigenvalue weighted by Crippen LogP contribution is 2.25. The van der Waals surface area contributed by atoms with E-state index < -0.39 is 0 Å². The van der Waals surface area contributed by atoms with Gasteiger partial charge in [-0.15, -0.1) is 0 Å². The first-order valence-electron chi connectivity index (χ1n) is 4.99. The molecule has 0 aliphatic carbocycles. The van der Waals surface area contributed by atoms with Crippen LogP contribution >= 0.6 is 0 Å². The van der Waals surface area contributed by atoms with Crippen molar-refractivity contribution in [3.8, 4) is 11.3 Å². The van der Waals surface area contributed by atoms with Crippen molar-refractivity contribution >= 4 is 16.7 Å². The average Bonchev–Trinajstić information content (AvgIpc) is 2.73. The van der Waals surface area contributed by atoms with Crippen molar-refractivity contribution in [2.45, 2.75) is 0 Å². The maximum absolute atomic E-state index is 5.73. The minimum absolute atomic E-state index is 0.645. The maximum atomic E-state index is 5.73. The van der Waals surface area contributed by atoms with Crippen molar-refractivity contribution in [1.82, 2.24) is 15.2 Å². The van der Waals surface area contributed by atoms with Gasteiger partial charge in [-0.1, -0.05) is 30.3 Å². The molecule has 3 rings (SSSR count). The van der Waals surface area contributed by atoms with Gasteiger partial charge in [0.2, 0.25) is 0 Å². The number of pyridine rings is 1. The predicted octanol–water partition coefficient (Wildman–Crippen LogP) is 2.21. The molecule has 0 aliphatic rings. The Kier molecular flexibility index (Phi) is 1.86. The predicted molar refractivity (Wildman–Crippen MR) is 63.7 cm³/mol. The number of hydrogen-bond donors (Lipinski definition) is 2. The van der Waals surface area contributed by atoms with Crippen LogP contribution in [0.15, 0.2) is 42.6 Å². The van der Waals surface area contributed by atoms with Gasteiger partial charge in [0, 0.05) is 10.9 Å². The molecule has 78 valence electrons. The van der Waals surface area contributed by atoms with Crippen LogP contribution in [0.4, 0.5) is 5.69 Å². The molecule has 0 aliphatic heterocycles. The summed E-state index contributed by atoms with van der Waals surface area (Å²) < 4.78 is 0. The summed E-state index contributed by atoms with van der Waals surface area (Å²) >= 11 is 0. The largest absolute Gasteiger partial charge is 0.397 e. The number of fused-ring (bicyclic) bond motifs is 1. The van der Waals surface area contributed by atoms with Gasteiger partial charge in [-0.3, -0.25) is 5.10 Å². The Labute approximate surface area is 92.1 Å². The quantitative estimate of drug-likeness (QED) is 0.647. The van der Waals surface area contributed by atoms with Crippen LogP contribution in [0.2, 0.25) is 0 Å². The van der Waals surface area contributed by atoms with Gasteiger partial charge >= 0.3 is 0 Å². The van der Waals surface area contributed by atoms with Crippen LogP contribution in [0.3, 0.4) is 0 Å². The first kappa shape index (κ1) is 8.91. The molecule has 0 radical (unpaired) electrons. The number of benzene rings is 1. The van der Waals surface area contributed by atoms with Crippen LogP contribution in [0.1, 0.15) is 0 Å². The van der Waals surface area contributed by atoms with Crippen LogP contribution in [0.5, 0.6) is 0 Å². The SMILES string of the molecule is Nc1cnc2n[nH]c(-c3ccccc3)c2c1. The second-order valence-corrected chi connectivity index (χ2v) is 3.60. The Hall–Kier alpha value is -2.36. The molecular formula is C12H10N4. The smallest absolute Gasteiger partial charge is 0.181 e. The lowest BCUT2D eigenvalue weighted by Gasteiger charge is -1.98. The zero-order chi connectivity index (χ0) is 11.0. The molecule has 4 nitrogen and oxygen atoms in total. The molecule has 0 fully saturated rings. The summed E-state index contributed by atoms with van der Waals surface area (Å²) in [7, 11) is 0. The second kappa shape index (κ2) is 3.34. The third kappa shape index (κ3) is 1.32. The van der Waals surface area contributed by atoms with Gasteiger partial charge in [-0.05, 0) is 6.07 Å². The number of hydrogen-bond acceptors (Lipinski definition) is 3. The first-order valence-corrected chi connectivity index (χ1v) is 4.99.